The van der Waals surface area contributed by atoms with E-state index in [0.717, 1.165) is 5.56 Å². The van der Waals surface area contributed by atoms with Crippen LogP contribution in [-0.4, -0.2) is 4.98 Å². The van der Waals surface area contributed by atoms with Gasteiger partial charge >= 0.3 is 0 Å². The molecule has 2 nitrogen and oxygen atoms in total. The van der Waals surface area contributed by atoms with E-state index in [-0.39, 0.29) is 0 Å². The molecule has 0 aliphatic rings. The standard InChI is InChI=1S/C8H11ClN2/c1-8(2,10)6-4-3-5-11-7(6)9/h3-5H,10H2,1-2H3. The summed E-state index contributed by atoms with van der Waals surface area (Å²) in [5.41, 5.74) is 6.30. The number of halogens is 1. The zero-order valence-corrected chi connectivity index (χ0v) is 7.39. The van der Waals surface area contributed by atoms with Crippen molar-refractivity contribution in [2.24, 2.45) is 5.73 Å². The summed E-state index contributed by atoms with van der Waals surface area (Å²) in [7, 11) is 0. The highest BCUT2D eigenvalue weighted by atomic mass is 35.5. The maximum absolute atomic E-state index is 5.83. The highest BCUT2D eigenvalue weighted by molar-refractivity contribution is 6.30. The smallest absolute Gasteiger partial charge is 0.134 e. The minimum Gasteiger partial charge on any atom is -0.322 e. The summed E-state index contributed by atoms with van der Waals surface area (Å²) in [6.45, 7) is 3.80. The van der Waals surface area contributed by atoms with Crippen molar-refractivity contribution in [2.75, 3.05) is 0 Å². The predicted molar refractivity (Wildman–Crippen MR) is 46.5 cm³/mol. The number of nitrogens with zero attached hydrogens (tertiary/aromatic N) is 1. The number of rotatable bonds is 1. The fourth-order valence-corrected chi connectivity index (χ4v) is 1.23. The third-order valence-corrected chi connectivity index (χ3v) is 1.75. The van der Waals surface area contributed by atoms with Gasteiger partial charge in [-0.3, -0.25) is 0 Å². The number of hydrogen-bond donors (Lipinski definition) is 1. The molecule has 0 unspecified atom stereocenters. The van der Waals surface area contributed by atoms with Crippen molar-refractivity contribution < 1.29 is 0 Å². The van der Waals surface area contributed by atoms with Crippen molar-refractivity contribution >= 4 is 11.6 Å². The molecule has 0 saturated carbocycles. The molecule has 0 saturated heterocycles. The van der Waals surface area contributed by atoms with Gasteiger partial charge in [0.25, 0.3) is 0 Å². The number of pyridine rings is 1. The Kier molecular flexibility index (Phi) is 2.16. The summed E-state index contributed by atoms with van der Waals surface area (Å²) in [6.07, 6.45) is 1.65. The first-order valence-corrected chi connectivity index (χ1v) is 3.79. The molecule has 11 heavy (non-hydrogen) atoms. The summed E-state index contributed by atoms with van der Waals surface area (Å²) >= 11 is 5.82. The van der Waals surface area contributed by atoms with Gasteiger partial charge in [0.1, 0.15) is 5.15 Å². The first-order valence-electron chi connectivity index (χ1n) is 3.41. The van der Waals surface area contributed by atoms with E-state index in [1.54, 1.807) is 6.20 Å². The van der Waals surface area contributed by atoms with E-state index in [4.69, 9.17) is 17.3 Å². The van der Waals surface area contributed by atoms with Gasteiger partial charge in [-0.05, 0) is 19.9 Å². The first kappa shape index (κ1) is 8.50. The summed E-state index contributed by atoms with van der Waals surface area (Å²) in [5.74, 6) is 0. The van der Waals surface area contributed by atoms with E-state index in [0.29, 0.717) is 5.15 Å². The van der Waals surface area contributed by atoms with Crippen molar-refractivity contribution in [1.29, 1.82) is 0 Å². The molecule has 1 aromatic rings. The van der Waals surface area contributed by atoms with Gasteiger partial charge < -0.3 is 5.73 Å². The molecular weight excluding hydrogens is 160 g/mol. The molecule has 0 aromatic carbocycles. The highest BCUT2D eigenvalue weighted by Gasteiger charge is 2.17. The molecule has 0 radical (unpaired) electrons. The monoisotopic (exact) mass is 170 g/mol. The van der Waals surface area contributed by atoms with Crippen LogP contribution in [0.1, 0.15) is 19.4 Å². The van der Waals surface area contributed by atoms with E-state index in [1.807, 2.05) is 26.0 Å². The molecule has 1 heterocycles. The summed E-state index contributed by atoms with van der Waals surface area (Å²) in [5, 5.41) is 0.486. The topological polar surface area (TPSA) is 38.9 Å². The largest absolute Gasteiger partial charge is 0.322 e. The summed E-state index contributed by atoms with van der Waals surface area (Å²) in [6, 6.07) is 3.71. The Balaban J connectivity index is 3.14. The molecule has 0 fully saturated rings. The van der Waals surface area contributed by atoms with E-state index >= 15 is 0 Å². The molecule has 0 aliphatic carbocycles. The van der Waals surface area contributed by atoms with Crippen LogP contribution < -0.4 is 5.73 Å². The number of hydrogen-bond acceptors (Lipinski definition) is 2. The van der Waals surface area contributed by atoms with Gasteiger partial charge in [-0.15, -0.1) is 0 Å². The van der Waals surface area contributed by atoms with Crippen LogP contribution in [0.2, 0.25) is 5.15 Å². The van der Waals surface area contributed by atoms with Gasteiger partial charge in [0.05, 0.1) is 0 Å². The Morgan fingerprint density at radius 2 is 2.18 bits per heavy atom. The zero-order valence-electron chi connectivity index (χ0n) is 6.63. The van der Waals surface area contributed by atoms with Gasteiger partial charge in [-0.2, -0.15) is 0 Å². The highest BCUT2D eigenvalue weighted by Crippen LogP contribution is 2.22. The quantitative estimate of drug-likeness (QED) is 0.655. The zero-order chi connectivity index (χ0) is 8.48. The lowest BCUT2D eigenvalue weighted by molar-refractivity contribution is 0.552. The molecule has 1 rings (SSSR count). The maximum Gasteiger partial charge on any atom is 0.134 e. The van der Waals surface area contributed by atoms with Gasteiger partial charge in [0.15, 0.2) is 0 Å². The fraction of sp³-hybridized carbons (Fsp3) is 0.375. The normalized spacial score (nSPS) is 11.6. The van der Waals surface area contributed by atoms with Gasteiger partial charge in [-0.1, -0.05) is 17.7 Å². The lowest BCUT2D eigenvalue weighted by Gasteiger charge is -2.19. The third-order valence-electron chi connectivity index (χ3n) is 1.45. The molecule has 1 aromatic heterocycles. The Labute approximate surface area is 71.4 Å². The molecule has 0 bridgehead atoms. The second-order valence-corrected chi connectivity index (χ2v) is 3.42. The van der Waals surface area contributed by atoms with Crippen LogP contribution in [0.25, 0.3) is 0 Å². The van der Waals surface area contributed by atoms with E-state index in [9.17, 15) is 0 Å². The van der Waals surface area contributed by atoms with Crippen molar-refractivity contribution in [3.63, 3.8) is 0 Å². The van der Waals surface area contributed by atoms with Crippen LogP contribution in [0.3, 0.4) is 0 Å². The minimum atomic E-state index is -0.411. The van der Waals surface area contributed by atoms with Crippen LogP contribution in [0, 0.1) is 0 Å². The lowest BCUT2D eigenvalue weighted by Crippen LogP contribution is -2.29. The Morgan fingerprint density at radius 1 is 1.55 bits per heavy atom. The van der Waals surface area contributed by atoms with E-state index in [1.165, 1.54) is 0 Å². The van der Waals surface area contributed by atoms with Crippen molar-refractivity contribution in [1.82, 2.24) is 4.98 Å². The van der Waals surface area contributed by atoms with Gasteiger partial charge in [-0.25, -0.2) is 4.98 Å². The average Bonchev–Trinajstić information content (AvgIpc) is 1.86. The van der Waals surface area contributed by atoms with Crippen molar-refractivity contribution in [2.45, 2.75) is 19.4 Å². The minimum absolute atomic E-state index is 0.411. The SMILES string of the molecule is CC(C)(N)c1cccnc1Cl. The van der Waals surface area contributed by atoms with E-state index in [2.05, 4.69) is 4.98 Å². The molecule has 0 spiro atoms. The van der Waals surface area contributed by atoms with E-state index < -0.39 is 5.54 Å². The molecule has 0 aliphatic heterocycles. The molecule has 60 valence electrons. The Bertz CT molecular complexity index is 253. The van der Waals surface area contributed by atoms with Crippen LogP contribution in [0.5, 0.6) is 0 Å². The second-order valence-electron chi connectivity index (χ2n) is 3.06. The van der Waals surface area contributed by atoms with Crippen LogP contribution in [0.4, 0.5) is 0 Å². The third kappa shape index (κ3) is 1.91. The molecule has 3 heteroatoms. The van der Waals surface area contributed by atoms with Crippen molar-refractivity contribution in [3.8, 4) is 0 Å². The first-order chi connectivity index (χ1) is 5.02. The van der Waals surface area contributed by atoms with Crippen LogP contribution >= 0.6 is 11.6 Å². The molecule has 2 N–H and O–H groups in total. The maximum atomic E-state index is 5.83. The average molecular weight is 171 g/mol. The predicted octanol–water partition coefficient (Wildman–Crippen LogP) is 1.93. The Hall–Kier alpha value is -0.600. The second kappa shape index (κ2) is 2.80. The number of aromatic nitrogens is 1. The fourth-order valence-electron chi connectivity index (χ4n) is 0.867. The van der Waals surface area contributed by atoms with Gasteiger partial charge in [0.2, 0.25) is 0 Å². The summed E-state index contributed by atoms with van der Waals surface area (Å²) in [4.78, 5) is 3.93. The molecule has 0 atom stereocenters. The van der Waals surface area contributed by atoms with Gasteiger partial charge in [0, 0.05) is 17.3 Å². The molecule has 0 amide bonds. The Morgan fingerprint density at radius 3 is 2.55 bits per heavy atom. The van der Waals surface area contributed by atoms with Crippen LogP contribution in [-0.2, 0) is 5.54 Å². The van der Waals surface area contributed by atoms with Crippen LogP contribution in [0.15, 0.2) is 18.3 Å². The lowest BCUT2D eigenvalue weighted by atomic mass is 9.98. The summed E-state index contributed by atoms with van der Waals surface area (Å²) < 4.78 is 0. The number of nitrogens with two attached hydrogens (primary N) is 1. The molecular formula is C8H11ClN2. The van der Waals surface area contributed by atoms with Crippen molar-refractivity contribution in [3.05, 3.63) is 29.0 Å².